The molecule has 0 aromatic carbocycles. The summed E-state index contributed by atoms with van der Waals surface area (Å²) in [7, 11) is -0.364. The van der Waals surface area contributed by atoms with Gasteiger partial charge in [-0.15, -0.1) is 0 Å². The maximum absolute atomic E-state index is 10.7. The van der Waals surface area contributed by atoms with Crippen LogP contribution in [0.4, 0.5) is 0 Å². The molecule has 0 bridgehead atoms. The van der Waals surface area contributed by atoms with Crippen molar-refractivity contribution in [3.63, 3.8) is 0 Å². The quantitative estimate of drug-likeness (QED) is 0.259. The van der Waals surface area contributed by atoms with Gasteiger partial charge < -0.3 is 9.16 Å². The SMILES string of the molecule is C=C(C)C(=O)OCCO[SiH2]C. The summed E-state index contributed by atoms with van der Waals surface area (Å²) < 4.78 is 9.86. The minimum Gasteiger partial charge on any atom is -0.460 e. The number of carbonyl (C=O) groups excluding carboxylic acids is 1. The van der Waals surface area contributed by atoms with Crippen LogP contribution in [0, 0.1) is 0 Å². The lowest BCUT2D eigenvalue weighted by molar-refractivity contribution is -0.139. The number of rotatable bonds is 5. The Morgan fingerprint density at radius 1 is 1.55 bits per heavy atom. The van der Waals surface area contributed by atoms with Crippen molar-refractivity contribution in [2.24, 2.45) is 0 Å². The Morgan fingerprint density at radius 3 is 2.64 bits per heavy atom. The first-order valence-electron chi connectivity index (χ1n) is 3.58. The molecular formula is C7H14O3Si. The van der Waals surface area contributed by atoms with Gasteiger partial charge in [0.2, 0.25) is 0 Å². The van der Waals surface area contributed by atoms with Crippen molar-refractivity contribution in [3.05, 3.63) is 12.2 Å². The molecule has 0 saturated carbocycles. The summed E-state index contributed by atoms with van der Waals surface area (Å²) in [6.07, 6.45) is 0. The third-order valence-electron chi connectivity index (χ3n) is 1.01. The zero-order valence-corrected chi connectivity index (χ0v) is 8.47. The molecule has 0 spiro atoms. The molecule has 0 radical (unpaired) electrons. The Hall–Kier alpha value is -0.613. The predicted molar refractivity (Wildman–Crippen MR) is 46.1 cm³/mol. The molecule has 0 aromatic heterocycles. The van der Waals surface area contributed by atoms with E-state index in [1.807, 2.05) is 6.55 Å². The molecule has 0 N–H and O–H groups in total. The minimum absolute atomic E-state index is 0.340. The molecule has 0 aliphatic rings. The molecule has 11 heavy (non-hydrogen) atoms. The summed E-state index contributed by atoms with van der Waals surface area (Å²) >= 11 is 0. The van der Waals surface area contributed by atoms with Gasteiger partial charge in [0.15, 0.2) is 9.76 Å². The van der Waals surface area contributed by atoms with Gasteiger partial charge in [-0.25, -0.2) is 4.79 Å². The van der Waals surface area contributed by atoms with E-state index < -0.39 is 0 Å². The Bertz CT molecular complexity index is 145. The molecule has 0 saturated heterocycles. The largest absolute Gasteiger partial charge is 0.460 e. The number of ether oxygens (including phenoxy) is 1. The Kier molecular flexibility index (Phi) is 5.78. The first kappa shape index (κ1) is 10.4. The van der Waals surface area contributed by atoms with Crippen LogP contribution in [0.5, 0.6) is 0 Å². The van der Waals surface area contributed by atoms with E-state index in [0.717, 1.165) is 0 Å². The van der Waals surface area contributed by atoms with Gasteiger partial charge in [-0.3, -0.25) is 0 Å². The van der Waals surface area contributed by atoms with Crippen LogP contribution in [0.3, 0.4) is 0 Å². The van der Waals surface area contributed by atoms with Gasteiger partial charge in [-0.05, 0) is 6.92 Å². The predicted octanol–water partition coefficient (Wildman–Crippen LogP) is 0.254. The Morgan fingerprint density at radius 2 is 2.18 bits per heavy atom. The topological polar surface area (TPSA) is 35.5 Å². The van der Waals surface area contributed by atoms with E-state index in [2.05, 4.69) is 6.58 Å². The average molecular weight is 174 g/mol. The number of hydrogen-bond donors (Lipinski definition) is 0. The summed E-state index contributed by atoms with van der Waals surface area (Å²) in [5, 5.41) is 0. The fourth-order valence-corrected chi connectivity index (χ4v) is 0.867. The van der Waals surface area contributed by atoms with E-state index in [1.165, 1.54) is 0 Å². The highest BCUT2D eigenvalue weighted by Gasteiger charge is 2.00. The van der Waals surface area contributed by atoms with Gasteiger partial charge in [0.05, 0.1) is 6.61 Å². The van der Waals surface area contributed by atoms with Gasteiger partial charge in [0.25, 0.3) is 0 Å². The lowest BCUT2D eigenvalue weighted by atomic mass is 10.4. The van der Waals surface area contributed by atoms with Crippen LogP contribution in [-0.4, -0.2) is 28.9 Å². The zero-order chi connectivity index (χ0) is 8.69. The zero-order valence-electron chi connectivity index (χ0n) is 7.05. The van der Waals surface area contributed by atoms with Crippen molar-refractivity contribution >= 4 is 15.7 Å². The van der Waals surface area contributed by atoms with Crippen LogP contribution in [0.1, 0.15) is 6.92 Å². The van der Waals surface area contributed by atoms with Crippen LogP contribution in [0.25, 0.3) is 0 Å². The summed E-state index contributed by atoms with van der Waals surface area (Å²) in [6, 6.07) is 0. The molecule has 0 aliphatic carbocycles. The standard InChI is InChI=1S/C7H14O3Si/c1-6(2)7(8)9-4-5-10-11-3/h1,4-5,11H2,2-3H3. The van der Waals surface area contributed by atoms with Crippen molar-refractivity contribution in [2.75, 3.05) is 13.2 Å². The molecule has 0 rings (SSSR count). The van der Waals surface area contributed by atoms with Crippen molar-refractivity contribution in [2.45, 2.75) is 13.5 Å². The van der Waals surface area contributed by atoms with Gasteiger partial charge >= 0.3 is 5.97 Å². The van der Waals surface area contributed by atoms with Crippen molar-refractivity contribution in [1.82, 2.24) is 0 Å². The summed E-state index contributed by atoms with van der Waals surface area (Å²) in [4.78, 5) is 10.7. The third kappa shape index (κ3) is 5.81. The Balaban J connectivity index is 3.25. The van der Waals surface area contributed by atoms with Gasteiger partial charge in [-0.1, -0.05) is 13.1 Å². The lowest BCUT2D eigenvalue weighted by Gasteiger charge is -2.03. The number of hydrogen-bond acceptors (Lipinski definition) is 3. The second kappa shape index (κ2) is 6.12. The minimum atomic E-state index is -0.364. The van der Waals surface area contributed by atoms with Crippen LogP contribution >= 0.6 is 0 Å². The first-order valence-corrected chi connectivity index (χ1v) is 5.58. The van der Waals surface area contributed by atoms with E-state index in [0.29, 0.717) is 18.8 Å². The van der Waals surface area contributed by atoms with Gasteiger partial charge in [0.1, 0.15) is 6.61 Å². The second-order valence-corrected chi connectivity index (χ2v) is 3.10. The fraction of sp³-hybridized carbons (Fsp3) is 0.571. The number of esters is 1. The molecule has 0 fully saturated rings. The normalized spacial score (nSPS) is 10.4. The second-order valence-electron chi connectivity index (χ2n) is 2.11. The molecule has 64 valence electrons. The average Bonchev–Trinajstić information content (AvgIpc) is 1.97. The van der Waals surface area contributed by atoms with Gasteiger partial charge in [-0.2, -0.15) is 0 Å². The van der Waals surface area contributed by atoms with E-state index in [1.54, 1.807) is 6.92 Å². The highest BCUT2D eigenvalue weighted by Crippen LogP contribution is 1.90. The first-order chi connectivity index (χ1) is 5.18. The van der Waals surface area contributed by atoms with Crippen LogP contribution in [0.15, 0.2) is 12.2 Å². The van der Waals surface area contributed by atoms with E-state index >= 15 is 0 Å². The highest BCUT2D eigenvalue weighted by atomic mass is 28.2. The summed E-state index contributed by atoms with van der Waals surface area (Å²) in [5.41, 5.74) is 0.429. The molecule has 0 amide bonds. The van der Waals surface area contributed by atoms with Crippen molar-refractivity contribution in [1.29, 1.82) is 0 Å². The van der Waals surface area contributed by atoms with Gasteiger partial charge in [0, 0.05) is 5.57 Å². The maximum Gasteiger partial charge on any atom is 0.333 e. The molecular weight excluding hydrogens is 160 g/mol. The number of carbonyl (C=O) groups is 1. The van der Waals surface area contributed by atoms with E-state index in [4.69, 9.17) is 9.16 Å². The molecule has 3 nitrogen and oxygen atoms in total. The van der Waals surface area contributed by atoms with Crippen LogP contribution < -0.4 is 0 Å². The van der Waals surface area contributed by atoms with Crippen molar-refractivity contribution < 1.29 is 14.0 Å². The Labute approximate surface area is 69.3 Å². The molecule has 4 heteroatoms. The maximum atomic E-state index is 10.7. The lowest BCUT2D eigenvalue weighted by Crippen LogP contribution is -2.11. The van der Waals surface area contributed by atoms with Crippen LogP contribution in [-0.2, 0) is 14.0 Å². The third-order valence-corrected chi connectivity index (χ3v) is 1.71. The van der Waals surface area contributed by atoms with Crippen molar-refractivity contribution in [3.8, 4) is 0 Å². The summed E-state index contributed by atoms with van der Waals surface area (Å²) in [5.74, 6) is -0.341. The molecule has 0 aliphatic heterocycles. The molecule has 0 atom stereocenters. The highest BCUT2D eigenvalue weighted by molar-refractivity contribution is 6.24. The molecule has 0 unspecified atom stereocenters. The molecule has 0 heterocycles. The molecule has 0 aromatic rings. The summed E-state index contributed by atoms with van der Waals surface area (Å²) in [6.45, 7) is 7.95. The van der Waals surface area contributed by atoms with Crippen LogP contribution in [0.2, 0.25) is 6.55 Å². The van der Waals surface area contributed by atoms with E-state index in [9.17, 15) is 4.79 Å². The smallest absolute Gasteiger partial charge is 0.333 e. The monoisotopic (exact) mass is 174 g/mol. The van der Waals surface area contributed by atoms with E-state index in [-0.39, 0.29) is 15.7 Å². The fourth-order valence-electron chi connectivity index (χ4n) is 0.461.